The van der Waals surface area contributed by atoms with Crippen molar-refractivity contribution in [1.29, 1.82) is 0 Å². The Kier molecular flexibility index (Phi) is 4.82. The maximum atomic E-state index is 12.6. The lowest BCUT2D eigenvalue weighted by Crippen LogP contribution is -2.14. The molecule has 0 atom stereocenters. The fourth-order valence-corrected chi connectivity index (χ4v) is 3.81. The molecule has 1 aliphatic carbocycles. The molecule has 0 heterocycles. The van der Waals surface area contributed by atoms with Crippen LogP contribution in [0.4, 0.5) is 5.69 Å². The zero-order valence-electron chi connectivity index (χ0n) is 16.2. The van der Waals surface area contributed by atoms with Gasteiger partial charge in [0.25, 0.3) is 5.91 Å². The number of carbonyl (C=O) groups is 2. The van der Waals surface area contributed by atoms with Crippen LogP contribution in [0.3, 0.4) is 0 Å². The Morgan fingerprint density at radius 2 is 1.71 bits per heavy atom. The predicted molar refractivity (Wildman–Crippen MR) is 113 cm³/mol. The van der Waals surface area contributed by atoms with Crippen LogP contribution in [0, 0.1) is 0 Å². The summed E-state index contributed by atoms with van der Waals surface area (Å²) in [7, 11) is 0. The van der Waals surface area contributed by atoms with Crippen LogP contribution in [0.25, 0.3) is 11.1 Å². The van der Waals surface area contributed by atoms with Crippen molar-refractivity contribution in [2.45, 2.75) is 32.6 Å². The van der Waals surface area contributed by atoms with Crippen LogP contribution in [-0.4, -0.2) is 11.7 Å². The van der Waals surface area contributed by atoms with E-state index in [1.165, 1.54) is 5.56 Å². The van der Waals surface area contributed by atoms with Gasteiger partial charge in [-0.25, -0.2) is 0 Å². The van der Waals surface area contributed by atoms with Gasteiger partial charge >= 0.3 is 0 Å². The van der Waals surface area contributed by atoms with Crippen molar-refractivity contribution in [2.75, 3.05) is 5.32 Å². The van der Waals surface area contributed by atoms with Gasteiger partial charge in [0.1, 0.15) is 0 Å². The van der Waals surface area contributed by atoms with Gasteiger partial charge in [0.05, 0.1) is 5.69 Å². The van der Waals surface area contributed by atoms with Crippen LogP contribution in [0.15, 0.2) is 66.7 Å². The van der Waals surface area contributed by atoms with Crippen molar-refractivity contribution in [2.24, 2.45) is 0 Å². The lowest BCUT2D eigenvalue weighted by atomic mass is 9.92. The lowest BCUT2D eigenvalue weighted by Gasteiger charge is -2.15. The molecule has 0 aliphatic heterocycles. The molecule has 3 heteroatoms. The Bertz CT molecular complexity index is 1050. The predicted octanol–water partition coefficient (Wildman–Crippen LogP) is 5.86. The summed E-state index contributed by atoms with van der Waals surface area (Å²) in [6.45, 7) is 4.35. The first-order valence-corrected chi connectivity index (χ1v) is 9.70. The Labute approximate surface area is 165 Å². The summed E-state index contributed by atoms with van der Waals surface area (Å²) in [5.41, 5.74) is 6.37. The first-order chi connectivity index (χ1) is 13.5. The maximum absolute atomic E-state index is 12.6. The second-order valence-corrected chi connectivity index (χ2v) is 7.54. The molecule has 0 aromatic heterocycles. The molecule has 0 spiro atoms. The average molecular weight is 369 g/mol. The van der Waals surface area contributed by atoms with Gasteiger partial charge in [-0.2, -0.15) is 0 Å². The number of nitrogens with one attached hydrogen (secondary N) is 1. The van der Waals surface area contributed by atoms with E-state index in [0.29, 0.717) is 35.6 Å². The second kappa shape index (κ2) is 7.43. The van der Waals surface area contributed by atoms with Crippen molar-refractivity contribution in [3.8, 4) is 11.1 Å². The number of hydrogen-bond acceptors (Lipinski definition) is 2. The van der Waals surface area contributed by atoms with E-state index >= 15 is 0 Å². The zero-order valence-corrected chi connectivity index (χ0v) is 16.2. The summed E-state index contributed by atoms with van der Waals surface area (Å²) < 4.78 is 0. The summed E-state index contributed by atoms with van der Waals surface area (Å²) >= 11 is 0. The van der Waals surface area contributed by atoms with E-state index in [9.17, 15) is 9.59 Å². The monoisotopic (exact) mass is 369 g/mol. The molecule has 3 nitrogen and oxygen atoms in total. The van der Waals surface area contributed by atoms with Gasteiger partial charge in [-0.3, -0.25) is 9.59 Å². The molecule has 28 heavy (non-hydrogen) atoms. The number of amides is 1. The van der Waals surface area contributed by atoms with E-state index < -0.39 is 0 Å². The molecular formula is C25H23NO2. The summed E-state index contributed by atoms with van der Waals surface area (Å²) in [6.07, 6.45) is 1.20. The minimum Gasteiger partial charge on any atom is -0.321 e. The third-order valence-electron chi connectivity index (χ3n) is 5.34. The molecule has 0 radical (unpaired) electrons. The van der Waals surface area contributed by atoms with E-state index in [-0.39, 0.29) is 11.7 Å². The minimum absolute atomic E-state index is 0.0974. The lowest BCUT2D eigenvalue weighted by molar-refractivity contribution is 0.0995. The zero-order chi connectivity index (χ0) is 19.7. The molecule has 140 valence electrons. The van der Waals surface area contributed by atoms with Crippen molar-refractivity contribution >= 4 is 17.4 Å². The molecule has 0 saturated carbocycles. The van der Waals surface area contributed by atoms with Gasteiger partial charge in [-0.15, -0.1) is 0 Å². The first kappa shape index (κ1) is 18.2. The fraction of sp³-hybridized carbons (Fsp3) is 0.200. The molecule has 3 aromatic carbocycles. The Morgan fingerprint density at radius 1 is 0.929 bits per heavy atom. The second-order valence-electron chi connectivity index (χ2n) is 7.54. The van der Waals surface area contributed by atoms with Crippen LogP contribution in [0.5, 0.6) is 0 Å². The Morgan fingerprint density at radius 3 is 2.46 bits per heavy atom. The van der Waals surface area contributed by atoms with Gasteiger partial charge in [-0.05, 0) is 52.8 Å². The normalized spacial score (nSPS) is 12.9. The first-order valence-electron chi connectivity index (χ1n) is 9.70. The van der Waals surface area contributed by atoms with Crippen LogP contribution < -0.4 is 5.32 Å². The van der Waals surface area contributed by atoms with E-state index in [2.05, 4.69) is 43.4 Å². The van der Waals surface area contributed by atoms with Crippen molar-refractivity contribution in [3.63, 3.8) is 0 Å². The summed E-state index contributed by atoms with van der Waals surface area (Å²) in [5, 5.41) is 2.94. The number of benzene rings is 3. The molecule has 3 aromatic rings. The van der Waals surface area contributed by atoms with E-state index in [0.717, 1.165) is 16.7 Å². The molecule has 0 saturated heterocycles. The fourth-order valence-electron chi connectivity index (χ4n) is 3.81. The van der Waals surface area contributed by atoms with E-state index in [1.54, 1.807) is 12.1 Å². The molecule has 0 bridgehead atoms. The standard InChI is InChI=1S/C25H23NO2/c1-16(2)18-9-6-10-19(15-18)20-11-13-22(24-21(20)12-14-23(24)27)26-25(28)17-7-4-3-5-8-17/h3-11,13,15-16H,12,14H2,1-2H3,(H,26,28). The van der Waals surface area contributed by atoms with Gasteiger partial charge in [0.15, 0.2) is 5.78 Å². The highest BCUT2D eigenvalue weighted by atomic mass is 16.1. The van der Waals surface area contributed by atoms with Crippen LogP contribution in [0.1, 0.15) is 58.0 Å². The number of fused-ring (bicyclic) bond motifs is 1. The number of ketones is 1. The Balaban J connectivity index is 1.74. The molecule has 0 fully saturated rings. The SMILES string of the molecule is CC(C)c1cccc(-c2ccc(NC(=O)c3ccccc3)c3c2CCC3=O)c1. The maximum Gasteiger partial charge on any atom is 0.255 e. The van der Waals surface area contributed by atoms with E-state index in [1.807, 2.05) is 30.3 Å². The van der Waals surface area contributed by atoms with Crippen LogP contribution >= 0.6 is 0 Å². The van der Waals surface area contributed by atoms with Gasteiger partial charge in [0, 0.05) is 17.5 Å². The highest BCUT2D eigenvalue weighted by Crippen LogP contribution is 2.37. The average Bonchev–Trinajstić information content (AvgIpc) is 3.11. The number of carbonyl (C=O) groups excluding carboxylic acids is 2. The molecule has 0 unspecified atom stereocenters. The van der Waals surface area contributed by atoms with Gasteiger partial charge < -0.3 is 5.32 Å². The van der Waals surface area contributed by atoms with E-state index in [4.69, 9.17) is 0 Å². The largest absolute Gasteiger partial charge is 0.321 e. The molecule has 4 rings (SSSR count). The quantitative estimate of drug-likeness (QED) is 0.626. The van der Waals surface area contributed by atoms with Gasteiger partial charge in [0.2, 0.25) is 0 Å². The molecule has 1 amide bonds. The number of anilines is 1. The molecule has 1 aliphatic rings. The third-order valence-corrected chi connectivity index (χ3v) is 5.34. The summed E-state index contributed by atoms with van der Waals surface area (Å²) in [6, 6.07) is 21.4. The number of Topliss-reactive ketones (excluding diaryl/α,β-unsaturated/α-hetero) is 1. The topological polar surface area (TPSA) is 46.2 Å². The molecular weight excluding hydrogens is 346 g/mol. The van der Waals surface area contributed by atoms with Crippen LogP contribution in [0.2, 0.25) is 0 Å². The summed E-state index contributed by atoms with van der Waals surface area (Å²) in [5.74, 6) is 0.344. The highest BCUT2D eigenvalue weighted by Gasteiger charge is 2.27. The number of rotatable bonds is 4. The summed E-state index contributed by atoms with van der Waals surface area (Å²) in [4.78, 5) is 25.2. The van der Waals surface area contributed by atoms with Crippen molar-refractivity contribution in [3.05, 3.63) is 89.0 Å². The minimum atomic E-state index is -0.197. The third kappa shape index (κ3) is 3.36. The van der Waals surface area contributed by atoms with Crippen LogP contribution in [-0.2, 0) is 6.42 Å². The number of hydrogen-bond donors (Lipinski definition) is 1. The smallest absolute Gasteiger partial charge is 0.255 e. The van der Waals surface area contributed by atoms with Crippen molar-refractivity contribution in [1.82, 2.24) is 0 Å². The Hall–Kier alpha value is -3.20. The molecule has 1 N–H and O–H groups in total. The van der Waals surface area contributed by atoms with Crippen molar-refractivity contribution < 1.29 is 9.59 Å². The van der Waals surface area contributed by atoms with Gasteiger partial charge in [-0.1, -0.05) is 62.4 Å². The highest BCUT2D eigenvalue weighted by molar-refractivity contribution is 6.12.